The maximum atomic E-state index is 12.4. The lowest BCUT2D eigenvalue weighted by atomic mass is 9.96. The lowest BCUT2D eigenvalue weighted by Crippen LogP contribution is -2.41. The normalized spacial score (nSPS) is 17.1. The van der Waals surface area contributed by atoms with Crippen molar-refractivity contribution in [2.75, 3.05) is 25.0 Å². The number of carbonyl (C=O) groups excluding carboxylic acids is 4. The Morgan fingerprint density at radius 2 is 1.92 bits per heavy atom. The quantitative estimate of drug-likeness (QED) is 0.750. The molecule has 1 fully saturated rings. The van der Waals surface area contributed by atoms with E-state index < -0.39 is 0 Å². The number of anilines is 1. The summed E-state index contributed by atoms with van der Waals surface area (Å²) in [6.07, 6.45) is 1.33. The van der Waals surface area contributed by atoms with Crippen LogP contribution in [0.3, 0.4) is 0 Å². The number of nitrogens with two attached hydrogens (primary N) is 1. The topological polar surface area (TPSA) is 119 Å². The van der Waals surface area contributed by atoms with Crippen LogP contribution in [-0.2, 0) is 14.4 Å². The van der Waals surface area contributed by atoms with Crippen molar-refractivity contribution in [1.29, 1.82) is 0 Å². The number of ether oxygens (including phenoxy) is 1. The average Bonchev–Trinajstić information content (AvgIpc) is 2.65. The predicted octanol–water partition coefficient (Wildman–Crippen LogP) is 0.704. The largest absolute Gasteiger partial charge is 0.482 e. The number of primary amides is 1. The number of fused-ring (bicyclic) bond motifs is 1. The van der Waals surface area contributed by atoms with Crippen molar-refractivity contribution in [3.63, 3.8) is 0 Å². The van der Waals surface area contributed by atoms with E-state index in [1.165, 1.54) is 0 Å². The first kappa shape index (κ1) is 17.9. The number of carbonyl (C=O) groups is 4. The van der Waals surface area contributed by atoms with E-state index in [2.05, 4.69) is 5.32 Å². The van der Waals surface area contributed by atoms with Gasteiger partial charge in [-0.15, -0.1) is 0 Å². The zero-order valence-electron chi connectivity index (χ0n) is 14.3. The summed E-state index contributed by atoms with van der Waals surface area (Å²) in [5.74, 6) is -0.514. The SMILES string of the molecule is NC(=O)C1CCN(C(=O)CCC(=O)c2ccc3c(c2)NC(=O)CO3)CC1. The minimum atomic E-state index is -0.323. The highest BCUT2D eigenvalue weighted by atomic mass is 16.5. The maximum absolute atomic E-state index is 12.4. The van der Waals surface area contributed by atoms with Gasteiger partial charge in [0.2, 0.25) is 11.8 Å². The molecule has 1 saturated heterocycles. The van der Waals surface area contributed by atoms with Crippen LogP contribution < -0.4 is 15.8 Å². The molecule has 0 radical (unpaired) electrons. The van der Waals surface area contributed by atoms with Crippen LogP contribution in [0.5, 0.6) is 5.75 Å². The van der Waals surface area contributed by atoms with E-state index in [0.29, 0.717) is 42.9 Å². The lowest BCUT2D eigenvalue weighted by Gasteiger charge is -2.30. The van der Waals surface area contributed by atoms with E-state index in [9.17, 15) is 19.2 Å². The van der Waals surface area contributed by atoms with Crippen LogP contribution >= 0.6 is 0 Å². The molecule has 0 atom stereocenters. The number of rotatable bonds is 5. The number of nitrogens with one attached hydrogen (secondary N) is 1. The standard InChI is InChI=1S/C18H21N3O5/c19-18(25)11-5-7-21(8-6-11)17(24)4-2-14(22)12-1-3-15-13(9-12)20-16(23)10-26-15/h1,3,9,11H,2,4-8,10H2,(H2,19,25)(H,20,23). The molecule has 26 heavy (non-hydrogen) atoms. The monoisotopic (exact) mass is 359 g/mol. The van der Waals surface area contributed by atoms with Crippen LogP contribution in [0.1, 0.15) is 36.0 Å². The van der Waals surface area contributed by atoms with Crippen molar-refractivity contribution < 1.29 is 23.9 Å². The van der Waals surface area contributed by atoms with Gasteiger partial charge in [0, 0.05) is 37.4 Å². The highest BCUT2D eigenvalue weighted by molar-refractivity contribution is 6.01. The number of ketones is 1. The molecule has 0 spiro atoms. The van der Waals surface area contributed by atoms with Gasteiger partial charge in [0.15, 0.2) is 12.4 Å². The summed E-state index contributed by atoms with van der Waals surface area (Å²) in [6.45, 7) is 0.937. The molecule has 2 aliphatic heterocycles. The van der Waals surface area contributed by atoms with Crippen LogP contribution in [0.25, 0.3) is 0 Å². The van der Waals surface area contributed by atoms with Crippen molar-refractivity contribution in [2.24, 2.45) is 11.7 Å². The molecule has 0 saturated carbocycles. The predicted molar refractivity (Wildman–Crippen MR) is 92.6 cm³/mol. The molecule has 3 rings (SSSR count). The van der Waals surface area contributed by atoms with Gasteiger partial charge in [0.25, 0.3) is 5.91 Å². The highest BCUT2D eigenvalue weighted by Crippen LogP contribution is 2.29. The van der Waals surface area contributed by atoms with E-state index >= 15 is 0 Å². The van der Waals surface area contributed by atoms with Crippen LogP contribution in [0.4, 0.5) is 5.69 Å². The molecule has 8 nitrogen and oxygen atoms in total. The maximum Gasteiger partial charge on any atom is 0.262 e. The number of hydrogen-bond donors (Lipinski definition) is 2. The minimum Gasteiger partial charge on any atom is -0.482 e. The first-order chi connectivity index (χ1) is 12.4. The molecule has 3 N–H and O–H groups in total. The molecule has 0 aliphatic carbocycles. The molecule has 0 unspecified atom stereocenters. The second-order valence-electron chi connectivity index (χ2n) is 6.53. The Morgan fingerprint density at radius 3 is 2.62 bits per heavy atom. The first-order valence-electron chi connectivity index (χ1n) is 8.61. The van der Waals surface area contributed by atoms with Crippen molar-refractivity contribution >= 4 is 29.2 Å². The number of piperidine rings is 1. The van der Waals surface area contributed by atoms with E-state index in [0.717, 1.165) is 0 Å². The number of nitrogens with zero attached hydrogens (tertiary/aromatic N) is 1. The molecule has 2 heterocycles. The summed E-state index contributed by atoms with van der Waals surface area (Å²) in [6, 6.07) is 4.83. The third-order valence-corrected chi connectivity index (χ3v) is 4.75. The van der Waals surface area contributed by atoms with E-state index in [1.807, 2.05) is 0 Å². The van der Waals surface area contributed by atoms with Crippen molar-refractivity contribution in [3.05, 3.63) is 23.8 Å². The van der Waals surface area contributed by atoms with Gasteiger partial charge < -0.3 is 20.7 Å². The molecule has 0 aromatic heterocycles. The van der Waals surface area contributed by atoms with Crippen LogP contribution in [0.15, 0.2) is 18.2 Å². The summed E-state index contributed by atoms with van der Waals surface area (Å²) in [5.41, 5.74) is 6.18. The lowest BCUT2D eigenvalue weighted by molar-refractivity contribution is -0.134. The molecule has 1 aromatic carbocycles. The summed E-state index contributed by atoms with van der Waals surface area (Å²) >= 11 is 0. The summed E-state index contributed by atoms with van der Waals surface area (Å²) in [4.78, 5) is 48.8. The molecule has 1 aromatic rings. The first-order valence-corrected chi connectivity index (χ1v) is 8.61. The van der Waals surface area contributed by atoms with Crippen molar-refractivity contribution in [1.82, 2.24) is 4.90 Å². The molecular formula is C18H21N3O5. The van der Waals surface area contributed by atoms with Gasteiger partial charge in [0.1, 0.15) is 5.75 Å². The third kappa shape index (κ3) is 4.01. The molecular weight excluding hydrogens is 338 g/mol. The van der Waals surface area contributed by atoms with Gasteiger partial charge in [-0.1, -0.05) is 0 Å². The fraction of sp³-hybridized carbons (Fsp3) is 0.444. The van der Waals surface area contributed by atoms with E-state index in [-0.39, 0.29) is 48.9 Å². The molecule has 3 amide bonds. The van der Waals surface area contributed by atoms with Crippen LogP contribution in [0, 0.1) is 5.92 Å². The number of amides is 3. The Labute approximate surface area is 150 Å². The van der Waals surface area contributed by atoms with Gasteiger partial charge >= 0.3 is 0 Å². The smallest absolute Gasteiger partial charge is 0.262 e. The fourth-order valence-corrected chi connectivity index (χ4v) is 3.19. The zero-order chi connectivity index (χ0) is 18.7. The van der Waals surface area contributed by atoms with Gasteiger partial charge in [0.05, 0.1) is 5.69 Å². The minimum absolute atomic E-state index is 0.0404. The summed E-state index contributed by atoms with van der Waals surface area (Å²) in [5, 5.41) is 2.66. The summed E-state index contributed by atoms with van der Waals surface area (Å²) < 4.78 is 5.26. The highest BCUT2D eigenvalue weighted by Gasteiger charge is 2.26. The number of likely N-dealkylation sites (tertiary alicyclic amines) is 1. The molecule has 2 aliphatic rings. The van der Waals surface area contributed by atoms with Gasteiger partial charge in [-0.3, -0.25) is 19.2 Å². The number of Topliss-reactive ketones (excluding diaryl/α,β-unsaturated/α-hetero) is 1. The van der Waals surface area contributed by atoms with Crippen molar-refractivity contribution in [3.8, 4) is 5.75 Å². The third-order valence-electron chi connectivity index (χ3n) is 4.75. The number of benzene rings is 1. The molecule has 8 heteroatoms. The van der Waals surface area contributed by atoms with Gasteiger partial charge in [-0.2, -0.15) is 0 Å². The van der Waals surface area contributed by atoms with Crippen LogP contribution in [0.2, 0.25) is 0 Å². The van der Waals surface area contributed by atoms with Gasteiger partial charge in [-0.25, -0.2) is 0 Å². The summed E-state index contributed by atoms with van der Waals surface area (Å²) in [7, 11) is 0. The molecule has 138 valence electrons. The Bertz CT molecular complexity index is 753. The Kier molecular flexibility index (Phi) is 5.20. The van der Waals surface area contributed by atoms with E-state index in [4.69, 9.17) is 10.5 Å². The van der Waals surface area contributed by atoms with Gasteiger partial charge in [-0.05, 0) is 31.0 Å². The fourth-order valence-electron chi connectivity index (χ4n) is 3.19. The Morgan fingerprint density at radius 1 is 1.19 bits per heavy atom. The second-order valence-corrected chi connectivity index (χ2v) is 6.53. The van der Waals surface area contributed by atoms with Crippen LogP contribution in [-0.4, -0.2) is 48.1 Å². The van der Waals surface area contributed by atoms with Crippen molar-refractivity contribution in [2.45, 2.75) is 25.7 Å². The van der Waals surface area contributed by atoms with E-state index in [1.54, 1.807) is 23.1 Å². The second kappa shape index (κ2) is 7.55. The molecule has 0 bridgehead atoms. The zero-order valence-corrected chi connectivity index (χ0v) is 14.3. The number of hydrogen-bond acceptors (Lipinski definition) is 5. The average molecular weight is 359 g/mol. The Balaban J connectivity index is 1.53. The Hall–Kier alpha value is -2.90.